The van der Waals surface area contributed by atoms with E-state index >= 15 is 0 Å². The van der Waals surface area contributed by atoms with Crippen LogP contribution < -0.4 is 16.4 Å². The van der Waals surface area contributed by atoms with Gasteiger partial charge >= 0.3 is 0 Å². The topological polar surface area (TPSA) is 102 Å². The monoisotopic (exact) mass is 525 g/mol. The number of nitrogens with one attached hydrogen (secondary N) is 1. The lowest BCUT2D eigenvalue weighted by Crippen LogP contribution is -2.20. The van der Waals surface area contributed by atoms with Crippen molar-refractivity contribution >= 4 is 32.9 Å². The Balaban J connectivity index is 1.47. The molecule has 0 fully saturated rings. The first kappa shape index (κ1) is 24.3. The van der Waals surface area contributed by atoms with Gasteiger partial charge in [-0.2, -0.15) is 0 Å². The molecule has 0 saturated heterocycles. The van der Waals surface area contributed by atoms with Gasteiger partial charge in [-0.05, 0) is 53.6 Å². The van der Waals surface area contributed by atoms with Crippen molar-refractivity contribution in [1.82, 2.24) is 19.1 Å². The highest BCUT2D eigenvalue weighted by Crippen LogP contribution is 2.44. The second-order valence-electron chi connectivity index (χ2n) is 10.5. The van der Waals surface area contributed by atoms with Crippen molar-refractivity contribution in [3.63, 3.8) is 0 Å². The number of fused-ring (bicyclic) bond motifs is 3. The molecule has 0 bridgehead atoms. The Morgan fingerprint density at radius 3 is 2.74 bits per heavy atom. The van der Waals surface area contributed by atoms with Crippen LogP contribution in [0.15, 0.2) is 70.9 Å². The molecule has 0 aliphatic heterocycles. The third-order valence-electron chi connectivity index (χ3n) is 7.14. The second kappa shape index (κ2) is 9.04. The number of benzene rings is 1. The Bertz CT molecular complexity index is 1820. The molecule has 1 aromatic carbocycles. The lowest BCUT2D eigenvalue weighted by molar-refractivity contribution is 0.282. The van der Waals surface area contributed by atoms with Gasteiger partial charge in [0.15, 0.2) is 0 Å². The van der Waals surface area contributed by atoms with E-state index in [0.29, 0.717) is 22.8 Å². The summed E-state index contributed by atoms with van der Waals surface area (Å²) in [5.74, 6) is 0.497. The highest BCUT2D eigenvalue weighted by Gasteiger charge is 2.32. The Morgan fingerprint density at radius 2 is 1.97 bits per heavy atom. The van der Waals surface area contributed by atoms with Crippen LogP contribution in [0, 0.1) is 5.41 Å². The van der Waals surface area contributed by atoms with E-state index in [1.165, 1.54) is 21.3 Å². The average Bonchev–Trinajstić information content (AvgIpc) is 3.39. The lowest BCUT2D eigenvalue weighted by Gasteiger charge is -2.17. The molecule has 8 nitrogen and oxygen atoms in total. The molecule has 4 heterocycles. The molecule has 0 unspecified atom stereocenters. The number of aliphatic hydroxyl groups excluding tert-OH is 1. The minimum absolute atomic E-state index is 0.0851. The summed E-state index contributed by atoms with van der Waals surface area (Å²) in [5, 5.41) is 14.6. The molecule has 0 radical (unpaired) electrons. The molecule has 0 saturated carbocycles. The maximum Gasteiger partial charge on any atom is 0.274 e. The van der Waals surface area contributed by atoms with Crippen molar-refractivity contribution in [2.45, 2.75) is 33.3 Å². The Morgan fingerprint density at radius 1 is 1.13 bits per heavy atom. The number of pyridine rings is 2. The van der Waals surface area contributed by atoms with Gasteiger partial charge < -0.3 is 15.0 Å². The van der Waals surface area contributed by atoms with Crippen LogP contribution in [0.4, 0.5) is 11.5 Å². The number of aryl methyl sites for hydroxylation is 1. The molecule has 9 heteroatoms. The number of nitrogens with zero attached hydrogens (tertiary/aromatic N) is 4. The number of anilines is 2. The average molecular weight is 526 g/mol. The molecular weight excluding hydrogens is 498 g/mol. The number of hydrogen-bond donors (Lipinski definition) is 2. The van der Waals surface area contributed by atoms with E-state index < -0.39 is 0 Å². The molecule has 4 aromatic heterocycles. The molecule has 0 atom stereocenters. The number of hydrogen-bond acceptors (Lipinski definition) is 7. The normalized spacial score (nSPS) is 14.1. The van der Waals surface area contributed by atoms with E-state index in [4.69, 9.17) is 0 Å². The van der Waals surface area contributed by atoms with Crippen molar-refractivity contribution in [2.75, 3.05) is 5.32 Å². The van der Waals surface area contributed by atoms with Gasteiger partial charge in [-0.15, -0.1) is 11.3 Å². The summed E-state index contributed by atoms with van der Waals surface area (Å²) in [7, 11) is 1.68. The van der Waals surface area contributed by atoms with Gasteiger partial charge in [0, 0.05) is 47.0 Å². The summed E-state index contributed by atoms with van der Waals surface area (Å²) < 4.78 is 3.86. The minimum Gasteiger partial charge on any atom is -0.392 e. The van der Waals surface area contributed by atoms with Gasteiger partial charge in [0.25, 0.3) is 11.1 Å². The Hall–Kier alpha value is -4.08. The van der Waals surface area contributed by atoms with Crippen molar-refractivity contribution in [1.29, 1.82) is 0 Å². The summed E-state index contributed by atoms with van der Waals surface area (Å²) in [6, 6.07) is 11.0. The summed E-state index contributed by atoms with van der Waals surface area (Å²) in [4.78, 5) is 35.9. The molecule has 38 heavy (non-hydrogen) atoms. The van der Waals surface area contributed by atoms with E-state index in [1.54, 1.807) is 47.5 Å². The van der Waals surface area contributed by atoms with Crippen LogP contribution >= 0.6 is 11.3 Å². The second-order valence-corrected chi connectivity index (χ2v) is 11.6. The molecule has 6 rings (SSSR count). The maximum absolute atomic E-state index is 13.7. The van der Waals surface area contributed by atoms with Crippen molar-refractivity contribution in [3.8, 4) is 16.8 Å². The van der Waals surface area contributed by atoms with E-state index in [9.17, 15) is 14.7 Å². The fourth-order valence-electron chi connectivity index (χ4n) is 5.38. The van der Waals surface area contributed by atoms with E-state index in [-0.39, 0.29) is 23.1 Å². The van der Waals surface area contributed by atoms with Gasteiger partial charge in [0.05, 0.1) is 12.3 Å². The zero-order chi connectivity index (χ0) is 26.6. The number of aliphatic hydroxyl groups is 1. The highest BCUT2D eigenvalue weighted by atomic mass is 32.1. The fourth-order valence-corrected chi connectivity index (χ4v) is 6.88. The van der Waals surface area contributed by atoms with Crippen LogP contribution in [0.2, 0.25) is 0 Å². The number of aromatic nitrogens is 4. The van der Waals surface area contributed by atoms with Gasteiger partial charge in [0.1, 0.15) is 22.5 Å². The first-order valence-corrected chi connectivity index (χ1v) is 13.2. The molecule has 1 aliphatic rings. The van der Waals surface area contributed by atoms with Crippen LogP contribution in [0.3, 0.4) is 0 Å². The molecule has 5 aromatic rings. The molecule has 0 amide bonds. The molecule has 0 spiro atoms. The largest absolute Gasteiger partial charge is 0.392 e. The fraction of sp³-hybridized carbons (Fsp3) is 0.241. The zero-order valence-electron chi connectivity index (χ0n) is 21.4. The summed E-state index contributed by atoms with van der Waals surface area (Å²) in [6.07, 6.45) is 8.49. The van der Waals surface area contributed by atoms with Crippen LogP contribution in [0.25, 0.3) is 26.9 Å². The lowest BCUT2D eigenvalue weighted by atomic mass is 9.90. The van der Waals surface area contributed by atoms with Crippen LogP contribution in [-0.4, -0.2) is 24.2 Å². The van der Waals surface area contributed by atoms with Crippen LogP contribution in [0.1, 0.15) is 29.9 Å². The maximum atomic E-state index is 13.7. The van der Waals surface area contributed by atoms with Gasteiger partial charge in [-0.3, -0.25) is 14.2 Å². The summed E-state index contributed by atoms with van der Waals surface area (Å²) >= 11 is 1.59. The van der Waals surface area contributed by atoms with Crippen molar-refractivity contribution < 1.29 is 5.11 Å². The minimum atomic E-state index is -0.275. The highest BCUT2D eigenvalue weighted by molar-refractivity contribution is 7.19. The first-order valence-electron chi connectivity index (χ1n) is 12.4. The Kier molecular flexibility index (Phi) is 5.77. The summed E-state index contributed by atoms with van der Waals surface area (Å²) in [6.45, 7) is 4.25. The predicted molar refractivity (Wildman–Crippen MR) is 151 cm³/mol. The molecule has 2 N–H and O–H groups in total. The van der Waals surface area contributed by atoms with Gasteiger partial charge in [-0.1, -0.05) is 26.0 Å². The predicted octanol–water partition coefficient (Wildman–Crippen LogP) is 4.57. The first-order chi connectivity index (χ1) is 18.3. The van der Waals surface area contributed by atoms with E-state index in [1.807, 2.05) is 30.5 Å². The SMILES string of the molecule is Cn1cc(-c2cccc(-n3ccc4c5c(sc4c3=O)CC(C)(C)C5)c2CO)cc(Nc2ccncn2)c1=O. The Labute approximate surface area is 222 Å². The third-order valence-corrected chi connectivity index (χ3v) is 8.37. The van der Waals surface area contributed by atoms with E-state index in [2.05, 4.69) is 29.1 Å². The van der Waals surface area contributed by atoms with Crippen molar-refractivity contribution in [2.24, 2.45) is 12.5 Å². The van der Waals surface area contributed by atoms with Crippen molar-refractivity contribution in [3.05, 3.63) is 98.0 Å². The summed E-state index contributed by atoms with van der Waals surface area (Å²) in [5.41, 5.74) is 4.23. The quantitative estimate of drug-likeness (QED) is 0.349. The molecule has 1 aliphatic carbocycles. The smallest absolute Gasteiger partial charge is 0.274 e. The molecule has 192 valence electrons. The van der Waals surface area contributed by atoms with E-state index in [0.717, 1.165) is 34.1 Å². The van der Waals surface area contributed by atoms with Gasteiger partial charge in [-0.25, -0.2) is 9.97 Å². The van der Waals surface area contributed by atoms with Crippen LogP contribution in [-0.2, 0) is 26.5 Å². The molecular formula is C29H27N5O3S. The van der Waals surface area contributed by atoms with Gasteiger partial charge in [0.2, 0.25) is 0 Å². The number of thiophene rings is 1. The number of rotatable bonds is 5. The van der Waals surface area contributed by atoms with Crippen LogP contribution in [0.5, 0.6) is 0 Å². The third kappa shape index (κ3) is 4.04. The zero-order valence-corrected chi connectivity index (χ0v) is 22.2. The standard InChI is InChI=1S/C29H27N5O3S/c1-29(2)12-20-19-8-10-34(28(37)26(19)38-24(20)13-29)23-6-4-5-18(21(23)15-35)17-11-22(27(36)33(3)14-17)32-25-7-9-30-16-31-25/h4-11,14,16,35H,12-13,15H2,1-3H3,(H,30,31,32).